The molecule has 8 heteroatoms. The number of nitrogens with one attached hydrogen (secondary N) is 3. The first-order chi connectivity index (χ1) is 13.3. The standard InChI is InChI=1S/C20H22FN3O4/c1-10-7-20(2,19(27)23-16-8-28-9-17(16)25)24-15(10)6-13-12-5-11(21)3-4-14(12)22-18(13)26/h3-6,16-17,24-25H,7-9H2,1-2H3,(H,22,26)(H,23,27)/b13-6-. The predicted molar refractivity (Wildman–Crippen MR) is 101 cm³/mol. The molecule has 7 nitrogen and oxygen atoms in total. The van der Waals surface area contributed by atoms with Gasteiger partial charge in [0.1, 0.15) is 11.4 Å². The van der Waals surface area contributed by atoms with Gasteiger partial charge in [-0.15, -0.1) is 0 Å². The summed E-state index contributed by atoms with van der Waals surface area (Å²) in [4.78, 5) is 25.1. The second-order valence-corrected chi connectivity index (χ2v) is 7.71. The average molecular weight is 387 g/mol. The van der Waals surface area contributed by atoms with E-state index in [-0.39, 0.29) is 25.0 Å². The Balaban J connectivity index is 1.55. The summed E-state index contributed by atoms with van der Waals surface area (Å²) in [5.74, 6) is -0.989. The first kappa shape index (κ1) is 18.6. The summed E-state index contributed by atoms with van der Waals surface area (Å²) < 4.78 is 18.8. The zero-order valence-electron chi connectivity index (χ0n) is 15.6. The summed E-state index contributed by atoms with van der Waals surface area (Å²) >= 11 is 0. The summed E-state index contributed by atoms with van der Waals surface area (Å²) in [5, 5.41) is 18.6. The fraction of sp³-hybridized carbons (Fsp3) is 0.400. The normalized spacial score (nSPS) is 30.4. The van der Waals surface area contributed by atoms with Crippen molar-refractivity contribution in [3.8, 4) is 0 Å². The number of hydrogen-bond acceptors (Lipinski definition) is 5. The van der Waals surface area contributed by atoms with Crippen molar-refractivity contribution in [1.29, 1.82) is 0 Å². The van der Waals surface area contributed by atoms with Crippen LogP contribution in [-0.2, 0) is 14.3 Å². The first-order valence-electron chi connectivity index (χ1n) is 9.14. The maximum atomic E-state index is 13.6. The van der Waals surface area contributed by atoms with E-state index >= 15 is 0 Å². The molecule has 0 aliphatic carbocycles. The number of aliphatic hydroxyl groups is 1. The van der Waals surface area contributed by atoms with Crippen molar-refractivity contribution in [3.05, 3.63) is 46.9 Å². The van der Waals surface area contributed by atoms with Crippen LogP contribution < -0.4 is 16.0 Å². The van der Waals surface area contributed by atoms with Crippen molar-refractivity contribution in [2.45, 2.75) is 38.0 Å². The van der Waals surface area contributed by atoms with E-state index in [1.54, 1.807) is 13.0 Å². The van der Waals surface area contributed by atoms with Crippen molar-refractivity contribution in [2.24, 2.45) is 0 Å². The molecule has 2 amide bonds. The van der Waals surface area contributed by atoms with E-state index in [9.17, 15) is 19.1 Å². The maximum Gasteiger partial charge on any atom is 0.256 e. The Morgan fingerprint density at radius 3 is 2.93 bits per heavy atom. The number of aliphatic hydroxyl groups excluding tert-OH is 1. The molecular formula is C20H22FN3O4. The van der Waals surface area contributed by atoms with Gasteiger partial charge in [-0.1, -0.05) is 0 Å². The SMILES string of the molecule is CC1=C(/C=C2\C(=O)Nc3ccc(F)cc32)NC(C)(C(=O)NC2COCC2O)C1. The fourth-order valence-electron chi connectivity index (χ4n) is 3.83. The highest BCUT2D eigenvalue weighted by Gasteiger charge is 2.41. The van der Waals surface area contributed by atoms with Crippen LogP contribution in [0.15, 0.2) is 35.5 Å². The number of rotatable bonds is 3. The van der Waals surface area contributed by atoms with Gasteiger partial charge in [0.25, 0.3) is 5.91 Å². The van der Waals surface area contributed by atoms with Crippen LogP contribution in [0.2, 0.25) is 0 Å². The second-order valence-electron chi connectivity index (χ2n) is 7.71. The van der Waals surface area contributed by atoms with Crippen molar-refractivity contribution < 1.29 is 23.8 Å². The predicted octanol–water partition coefficient (Wildman–Crippen LogP) is 1.06. The molecule has 1 aromatic rings. The number of allylic oxidation sites excluding steroid dienone is 1. The van der Waals surface area contributed by atoms with Crippen molar-refractivity contribution in [1.82, 2.24) is 10.6 Å². The number of hydrogen-bond donors (Lipinski definition) is 4. The molecule has 3 aliphatic heterocycles. The van der Waals surface area contributed by atoms with E-state index in [0.29, 0.717) is 28.9 Å². The number of fused-ring (bicyclic) bond motifs is 1. The molecule has 4 rings (SSSR count). The van der Waals surface area contributed by atoms with Gasteiger partial charge in [-0.25, -0.2) is 4.39 Å². The third-order valence-electron chi connectivity index (χ3n) is 5.41. The molecule has 4 N–H and O–H groups in total. The minimum atomic E-state index is -0.918. The molecule has 0 radical (unpaired) electrons. The Kier molecular flexibility index (Phi) is 4.47. The summed E-state index contributed by atoms with van der Waals surface area (Å²) in [6, 6.07) is 3.70. The monoisotopic (exact) mass is 387 g/mol. The number of anilines is 1. The average Bonchev–Trinajstić information content (AvgIpc) is 3.26. The van der Waals surface area contributed by atoms with Gasteiger partial charge in [-0.3, -0.25) is 9.59 Å². The largest absolute Gasteiger partial charge is 0.388 e. The zero-order chi connectivity index (χ0) is 20.1. The second kappa shape index (κ2) is 6.72. The van der Waals surface area contributed by atoms with Crippen molar-refractivity contribution in [2.75, 3.05) is 18.5 Å². The first-order valence-corrected chi connectivity index (χ1v) is 9.14. The lowest BCUT2D eigenvalue weighted by molar-refractivity contribution is -0.127. The molecule has 28 heavy (non-hydrogen) atoms. The van der Waals surface area contributed by atoms with Crippen LogP contribution in [0.25, 0.3) is 5.57 Å². The van der Waals surface area contributed by atoms with E-state index in [1.165, 1.54) is 18.2 Å². The lowest BCUT2D eigenvalue weighted by Crippen LogP contribution is -2.56. The Morgan fingerprint density at radius 2 is 2.21 bits per heavy atom. The summed E-state index contributed by atoms with van der Waals surface area (Å²) in [6.07, 6.45) is 1.37. The van der Waals surface area contributed by atoms with Gasteiger partial charge in [0.15, 0.2) is 0 Å². The van der Waals surface area contributed by atoms with E-state index in [1.807, 2.05) is 6.92 Å². The van der Waals surface area contributed by atoms with Gasteiger partial charge in [-0.2, -0.15) is 0 Å². The van der Waals surface area contributed by atoms with Gasteiger partial charge in [0.05, 0.1) is 30.9 Å². The molecule has 3 atom stereocenters. The molecule has 0 bridgehead atoms. The molecule has 148 valence electrons. The van der Waals surface area contributed by atoms with Crippen LogP contribution in [0.3, 0.4) is 0 Å². The summed E-state index contributed by atoms with van der Waals surface area (Å²) in [6.45, 7) is 4.12. The Bertz CT molecular complexity index is 926. The number of carbonyl (C=O) groups is 2. The highest BCUT2D eigenvalue weighted by atomic mass is 19.1. The van der Waals surface area contributed by atoms with Crippen molar-refractivity contribution in [3.63, 3.8) is 0 Å². The summed E-state index contributed by atoms with van der Waals surface area (Å²) in [7, 11) is 0. The molecule has 3 unspecified atom stereocenters. The van der Waals surface area contributed by atoms with Gasteiger partial charge in [0.2, 0.25) is 5.91 Å². The number of amides is 2. The number of halogens is 1. The smallest absolute Gasteiger partial charge is 0.256 e. The van der Waals surface area contributed by atoms with Gasteiger partial charge >= 0.3 is 0 Å². The molecular weight excluding hydrogens is 365 g/mol. The van der Waals surface area contributed by atoms with Crippen LogP contribution in [0, 0.1) is 5.82 Å². The van der Waals surface area contributed by atoms with Crippen LogP contribution in [0.5, 0.6) is 0 Å². The lowest BCUT2D eigenvalue weighted by Gasteiger charge is -2.27. The number of benzene rings is 1. The third kappa shape index (κ3) is 3.18. The minimum Gasteiger partial charge on any atom is -0.388 e. The highest BCUT2D eigenvalue weighted by Crippen LogP contribution is 2.35. The fourth-order valence-corrected chi connectivity index (χ4v) is 3.83. The molecule has 0 spiro atoms. The third-order valence-corrected chi connectivity index (χ3v) is 5.41. The Labute approximate surface area is 161 Å². The topological polar surface area (TPSA) is 99.7 Å². The van der Waals surface area contributed by atoms with Gasteiger partial charge in [0, 0.05) is 23.4 Å². The van der Waals surface area contributed by atoms with Crippen LogP contribution >= 0.6 is 0 Å². The van der Waals surface area contributed by atoms with Crippen LogP contribution in [-0.4, -0.2) is 47.8 Å². The van der Waals surface area contributed by atoms with Gasteiger partial charge in [-0.05, 0) is 43.7 Å². The molecule has 1 saturated heterocycles. The highest BCUT2D eigenvalue weighted by molar-refractivity contribution is 6.31. The van der Waals surface area contributed by atoms with E-state index in [2.05, 4.69) is 16.0 Å². The lowest BCUT2D eigenvalue weighted by atomic mass is 9.95. The van der Waals surface area contributed by atoms with E-state index < -0.39 is 23.5 Å². The molecule has 0 saturated carbocycles. The molecule has 3 heterocycles. The van der Waals surface area contributed by atoms with Crippen molar-refractivity contribution >= 4 is 23.1 Å². The van der Waals surface area contributed by atoms with Crippen LogP contribution in [0.1, 0.15) is 25.8 Å². The van der Waals surface area contributed by atoms with Gasteiger partial charge < -0.3 is 25.8 Å². The zero-order valence-corrected chi connectivity index (χ0v) is 15.6. The summed E-state index contributed by atoms with van der Waals surface area (Å²) in [5.41, 5.74) is 2.05. The minimum absolute atomic E-state index is 0.203. The Morgan fingerprint density at radius 1 is 1.43 bits per heavy atom. The number of ether oxygens (including phenoxy) is 1. The quantitative estimate of drug-likeness (QED) is 0.582. The molecule has 0 aromatic heterocycles. The Hall–Kier alpha value is -2.71. The molecule has 1 fully saturated rings. The van der Waals surface area contributed by atoms with Crippen LogP contribution in [0.4, 0.5) is 10.1 Å². The molecule has 3 aliphatic rings. The maximum absolute atomic E-state index is 13.6. The van der Waals surface area contributed by atoms with E-state index in [4.69, 9.17) is 4.74 Å². The van der Waals surface area contributed by atoms with E-state index in [0.717, 1.165) is 5.57 Å². The number of carbonyl (C=O) groups excluding carboxylic acids is 2. The molecule has 1 aromatic carbocycles.